The van der Waals surface area contributed by atoms with Crippen LogP contribution in [0.4, 0.5) is 0 Å². The van der Waals surface area contributed by atoms with E-state index < -0.39 is 0 Å². The molecule has 0 spiro atoms. The van der Waals surface area contributed by atoms with Crippen LogP contribution in [-0.4, -0.2) is 5.54 Å². The molecule has 1 heteroatoms. The molecule has 2 unspecified atom stereocenters. The van der Waals surface area contributed by atoms with Crippen LogP contribution < -0.4 is 5.73 Å². The summed E-state index contributed by atoms with van der Waals surface area (Å²) in [4.78, 5) is 0. The van der Waals surface area contributed by atoms with Crippen molar-refractivity contribution in [2.45, 2.75) is 57.4 Å². The zero-order valence-electron chi connectivity index (χ0n) is 8.18. The van der Waals surface area contributed by atoms with Gasteiger partial charge in [0, 0.05) is 5.54 Å². The van der Waals surface area contributed by atoms with E-state index in [1.54, 1.807) is 0 Å². The number of rotatable bonds is 2. The minimum atomic E-state index is 0.299. The normalized spacial score (nSPS) is 39.5. The van der Waals surface area contributed by atoms with Crippen LogP contribution in [0.3, 0.4) is 0 Å². The number of nitrogens with two attached hydrogens (primary N) is 1. The van der Waals surface area contributed by atoms with Crippen molar-refractivity contribution < 1.29 is 0 Å². The molecule has 0 radical (unpaired) electrons. The van der Waals surface area contributed by atoms with Crippen LogP contribution >= 0.6 is 0 Å². The Hall–Kier alpha value is -0.0400. The predicted molar refractivity (Wildman–Crippen MR) is 51.9 cm³/mol. The molecule has 2 saturated carbocycles. The van der Waals surface area contributed by atoms with Gasteiger partial charge in [0.15, 0.2) is 0 Å². The highest BCUT2D eigenvalue weighted by atomic mass is 14.8. The lowest BCUT2D eigenvalue weighted by Crippen LogP contribution is -2.35. The number of hydrogen-bond acceptors (Lipinski definition) is 1. The van der Waals surface area contributed by atoms with E-state index in [1.807, 2.05) is 0 Å². The molecule has 2 fully saturated rings. The summed E-state index contributed by atoms with van der Waals surface area (Å²) in [6.45, 7) is 2.32. The third kappa shape index (κ3) is 1.52. The maximum Gasteiger partial charge on any atom is 0.0184 e. The van der Waals surface area contributed by atoms with Gasteiger partial charge >= 0.3 is 0 Å². The highest BCUT2D eigenvalue weighted by Crippen LogP contribution is 2.47. The van der Waals surface area contributed by atoms with E-state index in [0.717, 1.165) is 11.8 Å². The van der Waals surface area contributed by atoms with E-state index >= 15 is 0 Å². The lowest BCUT2D eigenvalue weighted by atomic mass is 9.76. The van der Waals surface area contributed by atoms with Crippen LogP contribution in [0.1, 0.15) is 51.9 Å². The molecule has 0 heterocycles. The highest BCUT2D eigenvalue weighted by Gasteiger charge is 2.46. The van der Waals surface area contributed by atoms with Crippen LogP contribution in [0.2, 0.25) is 0 Å². The molecule has 2 atom stereocenters. The van der Waals surface area contributed by atoms with Crippen LogP contribution in [0.5, 0.6) is 0 Å². The summed E-state index contributed by atoms with van der Waals surface area (Å²) in [5, 5.41) is 0. The third-order valence-electron chi connectivity index (χ3n) is 4.00. The van der Waals surface area contributed by atoms with E-state index in [4.69, 9.17) is 5.73 Å². The molecule has 2 N–H and O–H groups in total. The minimum Gasteiger partial charge on any atom is -0.325 e. The van der Waals surface area contributed by atoms with Gasteiger partial charge in [0.05, 0.1) is 0 Å². The Kier molecular flexibility index (Phi) is 2.16. The average molecular weight is 167 g/mol. The fraction of sp³-hybridized carbons (Fsp3) is 1.00. The van der Waals surface area contributed by atoms with Crippen molar-refractivity contribution in [1.82, 2.24) is 0 Å². The standard InChI is InChI=1S/C11H21N/c1-2-9-4-3-5-10(8-9)11(12)6-7-11/h9-10H,2-8,12H2,1H3. The van der Waals surface area contributed by atoms with Crippen molar-refractivity contribution >= 4 is 0 Å². The Morgan fingerprint density at radius 1 is 1.33 bits per heavy atom. The van der Waals surface area contributed by atoms with Gasteiger partial charge in [0.25, 0.3) is 0 Å². The molecule has 0 aliphatic heterocycles. The fourth-order valence-electron chi connectivity index (χ4n) is 2.74. The molecular weight excluding hydrogens is 146 g/mol. The molecule has 2 aliphatic carbocycles. The smallest absolute Gasteiger partial charge is 0.0184 e. The quantitative estimate of drug-likeness (QED) is 0.672. The molecule has 1 nitrogen and oxygen atoms in total. The van der Waals surface area contributed by atoms with Crippen LogP contribution in [-0.2, 0) is 0 Å². The van der Waals surface area contributed by atoms with Gasteiger partial charge in [-0.15, -0.1) is 0 Å². The summed E-state index contributed by atoms with van der Waals surface area (Å²) >= 11 is 0. The molecular formula is C11H21N. The van der Waals surface area contributed by atoms with E-state index in [2.05, 4.69) is 6.92 Å². The summed E-state index contributed by atoms with van der Waals surface area (Å²) in [6, 6.07) is 0. The Bertz CT molecular complexity index is 160. The SMILES string of the molecule is CCC1CCCC(C2(N)CC2)C1. The van der Waals surface area contributed by atoms with Crippen LogP contribution in [0.15, 0.2) is 0 Å². The van der Waals surface area contributed by atoms with Crippen molar-refractivity contribution in [1.29, 1.82) is 0 Å². The van der Waals surface area contributed by atoms with E-state index in [9.17, 15) is 0 Å². The van der Waals surface area contributed by atoms with Gasteiger partial charge in [-0.05, 0) is 37.5 Å². The van der Waals surface area contributed by atoms with Crippen molar-refractivity contribution in [2.24, 2.45) is 17.6 Å². The summed E-state index contributed by atoms with van der Waals surface area (Å²) in [5.74, 6) is 1.86. The van der Waals surface area contributed by atoms with E-state index in [-0.39, 0.29) is 0 Å². The first-order valence-electron chi connectivity index (χ1n) is 5.53. The van der Waals surface area contributed by atoms with Crippen molar-refractivity contribution in [3.05, 3.63) is 0 Å². The summed E-state index contributed by atoms with van der Waals surface area (Å²) in [6.07, 6.45) is 9.69. The van der Waals surface area contributed by atoms with E-state index in [1.165, 1.54) is 44.9 Å². The molecule has 0 aromatic carbocycles. The Morgan fingerprint density at radius 3 is 2.67 bits per heavy atom. The lowest BCUT2D eigenvalue weighted by Gasteiger charge is -2.32. The van der Waals surface area contributed by atoms with Crippen LogP contribution in [0, 0.1) is 11.8 Å². The molecule has 0 amide bonds. The fourth-order valence-corrected chi connectivity index (χ4v) is 2.74. The second-order valence-electron chi connectivity index (χ2n) is 4.87. The predicted octanol–water partition coefficient (Wildman–Crippen LogP) is 2.69. The molecule has 0 bridgehead atoms. The molecule has 2 rings (SSSR count). The van der Waals surface area contributed by atoms with Crippen molar-refractivity contribution in [3.63, 3.8) is 0 Å². The van der Waals surface area contributed by atoms with E-state index in [0.29, 0.717) is 5.54 Å². The molecule has 12 heavy (non-hydrogen) atoms. The summed E-state index contributed by atoms with van der Waals surface area (Å²) in [7, 11) is 0. The maximum atomic E-state index is 6.24. The van der Waals surface area contributed by atoms with Crippen molar-refractivity contribution in [3.8, 4) is 0 Å². The molecule has 0 saturated heterocycles. The Morgan fingerprint density at radius 2 is 2.08 bits per heavy atom. The molecule has 0 aromatic heterocycles. The van der Waals surface area contributed by atoms with Gasteiger partial charge < -0.3 is 5.73 Å². The summed E-state index contributed by atoms with van der Waals surface area (Å²) in [5.41, 5.74) is 6.54. The first-order valence-corrected chi connectivity index (χ1v) is 5.53. The third-order valence-corrected chi connectivity index (χ3v) is 4.00. The van der Waals surface area contributed by atoms with Crippen LogP contribution in [0.25, 0.3) is 0 Å². The molecule has 0 aromatic rings. The lowest BCUT2D eigenvalue weighted by molar-refractivity contribution is 0.219. The zero-order chi connectivity index (χ0) is 8.60. The van der Waals surface area contributed by atoms with Gasteiger partial charge in [-0.3, -0.25) is 0 Å². The number of hydrogen-bond donors (Lipinski definition) is 1. The van der Waals surface area contributed by atoms with Gasteiger partial charge in [0.1, 0.15) is 0 Å². The minimum absolute atomic E-state index is 0.299. The molecule has 70 valence electrons. The first-order chi connectivity index (χ1) is 5.74. The average Bonchev–Trinajstić information content (AvgIpc) is 2.85. The van der Waals surface area contributed by atoms with Gasteiger partial charge in [0.2, 0.25) is 0 Å². The first kappa shape index (κ1) is 8.55. The topological polar surface area (TPSA) is 26.0 Å². The Balaban J connectivity index is 1.90. The summed E-state index contributed by atoms with van der Waals surface area (Å²) < 4.78 is 0. The van der Waals surface area contributed by atoms with Crippen molar-refractivity contribution in [2.75, 3.05) is 0 Å². The highest BCUT2D eigenvalue weighted by molar-refractivity contribution is 5.04. The second kappa shape index (κ2) is 3.02. The second-order valence-corrected chi connectivity index (χ2v) is 4.87. The largest absolute Gasteiger partial charge is 0.325 e. The zero-order valence-corrected chi connectivity index (χ0v) is 8.18. The molecule has 2 aliphatic rings. The van der Waals surface area contributed by atoms with Gasteiger partial charge in [-0.25, -0.2) is 0 Å². The maximum absolute atomic E-state index is 6.24. The monoisotopic (exact) mass is 167 g/mol. The Labute approximate surface area is 75.7 Å². The van der Waals surface area contributed by atoms with Gasteiger partial charge in [-0.1, -0.05) is 26.2 Å². The van der Waals surface area contributed by atoms with Gasteiger partial charge in [-0.2, -0.15) is 0 Å².